The number of aryl methyl sites for hydroxylation is 2. The predicted molar refractivity (Wildman–Crippen MR) is 102 cm³/mol. The predicted octanol–water partition coefficient (Wildman–Crippen LogP) is 0.756. The fraction of sp³-hybridized carbons (Fsp3) is 0.737. The molecule has 2 heterocycles. The zero-order valence-corrected chi connectivity index (χ0v) is 16.8. The topological polar surface area (TPSA) is 70.5 Å². The Morgan fingerprint density at radius 3 is 2.31 bits per heavy atom. The highest BCUT2D eigenvalue weighted by molar-refractivity contribution is 5.80. The lowest BCUT2D eigenvalue weighted by Crippen LogP contribution is -2.51. The minimum absolute atomic E-state index is 0.0512. The lowest BCUT2D eigenvalue weighted by molar-refractivity contribution is -0.132. The summed E-state index contributed by atoms with van der Waals surface area (Å²) in [4.78, 5) is 28.7. The van der Waals surface area contributed by atoms with Crippen LogP contribution in [0.4, 0.5) is 0 Å². The van der Waals surface area contributed by atoms with Crippen LogP contribution in [0.25, 0.3) is 0 Å². The van der Waals surface area contributed by atoms with E-state index in [1.807, 2.05) is 30.5 Å². The van der Waals surface area contributed by atoms with E-state index in [0.717, 1.165) is 42.9 Å². The quantitative estimate of drug-likeness (QED) is 0.776. The number of aromatic nitrogens is 2. The van der Waals surface area contributed by atoms with Gasteiger partial charge in [-0.2, -0.15) is 5.10 Å². The molecule has 0 bridgehead atoms. The summed E-state index contributed by atoms with van der Waals surface area (Å²) in [5.74, 6) is 0.212. The van der Waals surface area contributed by atoms with Crippen LogP contribution in [0.1, 0.15) is 44.6 Å². The number of amides is 2. The second-order valence-corrected chi connectivity index (χ2v) is 7.26. The first kappa shape index (κ1) is 20.4. The number of rotatable bonds is 7. The number of nitrogens with zero attached hydrogens (tertiary/aromatic N) is 4. The number of piperazine rings is 1. The summed E-state index contributed by atoms with van der Waals surface area (Å²) in [7, 11) is 1.95. The van der Waals surface area contributed by atoms with Gasteiger partial charge >= 0.3 is 0 Å². The van der Waals surface area contributed by atoms with E-state index < -0.39 is 0 Å². The normalized spacial score (nSPS) is 15.5. The molecule has 1 saturated heterocycles. The molecule has 0 aromatic carbocycles. The van der Waals surface area contributed by atoms with Crippen LogP contribution in [0.5, 0.6) is 0 Å². The Morgan fingerprint density at radius 1 is 1.12 bits per heavy atom. The molecule has 0 unspecified atom stereocenters. The van der Waals surface area contributed by atoms with E-state index in [0.29, 0.717) is 26.1 Å². The SMILES string of the molecule is CCc1nn(C)c(CC)c1CC(=O)N1CCN(CC(=O)NC(C)C)CC1. The Bertz CT molecular complexity index is 630. The highest BCUT2D eigenvalue weighted by Crippen LogP contribution is 2.17. The summed E-state index contributed by atoms with van der Waals surface area (Å²) in [6.45, 7) is 11.3. The molecule has 0 aliphatic carbocycles. The van der Waals surface area contributed by atoms with Crippen molar-refractivity contribution in [2.75, 3.05) is 32.7 Å². The number of carbonyl (C=O) groups excluding carboxylic acids is 2. The molecule has 2 amide bonds. The fourth-order valence-electron chi connectivity index (χ4n) is 3.58. The van der Waals surface area contributed by atoms with Gasteiger partial charge in [-0.25, -0.2) is 0 Å². The minimum Gasteiger partial charge on any atom is -0.353 e. The smallest absolute Gasteiger partial charge is 0.234 e. The largest absolute Gasteiger partial charge is 0.353 e. The van der Waals surface area contributed by atoms with E-state index in [1.165, 1.54) is 0 Å². The van der Waals surface area contributed by atoms with E-state index in [-0.39, 0.29) is 17.9 Å². The molecule has 2 rings (SSSR count). The monoisotopic (exact) mass is 363 g/mol. The minimum atomic E-state index is 0.0512. The van der Waals surface area contributed by atoms with Gasteiger partial charge in [0.25, 0.3) is 0 Å². The first-order valence-electron chi connectivity index (χ1n) is 9.68. The van der Waals surface area contributed by atoms with Gasteiger partial charge < -0.3 is 10.2 Å². The molecule has 1 aromatic rings. The summed E-state index contributed by atoms with van der Waals surface area (Å²) in [6.07, 6.45) is 2.15. The summed E-state index contributed by atoms with van der Waals surface area (Å²) >= 11 is 0. The lowest BCUT2D eigenvalue weighted by Gasteiger charge is -2.34. The third-order valence-electron chi connectivity index (χ3n) is 4.90. The lowest BCUT2D eigenvalue weighted by atomic mass is 10.0. The molecule has 7 heteroatoms. The van der Waals surface area contributed by atoms with Crippen molar-refractivity contribution in [3.8, 4) is 0 Å². The van der Waals surface area contributed by atoms with Gasteiger partial charge in [-0.1, -0.05) is 13.8 Å². The van der Waals surface area contributed by atoms with Gasteiger partial charge in [0.05, 0.1) is 18.7 Å². The maximum Gasteiger partial charge on any atom is 0.234 e. The van der Waals surface area contributed by atoms with Crippen molar-refractivity contribution in [3.05, 3.63) is 17.0 Å². The molecule has 1 aromatic heterocycles. The number of nitrogens with one attached hydrogen (secondary N) is 1. The number of hydrogen-bond donors (Lipinski definition) is 1. The number of hydrogen-bond acceptors (Lipinski definition) is 4. The Hall–Kier alpha value is -1.89. The molecule has 7 nitrogen and oxygen atoms in total. The maximum atomic E-state index is 12.8. The second-order valence-electron chi connectivity index (χ2n) is 7.26. The van der Waals surface area contributed by atoms with E-state index in [1.54, 1.807) is 0 Å². The van der Waals surface area contributed by atoms with E-state index in [2.05, 4.69) is 29.2 Å². The van der Waals surface area contributed by atoms with Crippen LogP contribution < -0.4 is 5.32 Å². The van der Waals surface area contributed by atoms with Gasteiger partial charge in [0.1, 0.15) is 0 Å². The van der Waals surface area contributed by atoms with E-state index >= 15 is 0 Å². The Balaban J connectivity index is 1.90. The molecule has 0 spiro atoms. The molecule has 0 radical (unpaired) electrons. The van der Waals surface area contributed by atoms with Crippen molar-refractivity contribution in [1.82, 2.24) is 24.9 Å². The highest BCUT2D eigenvalue weighted by Gasteiger charge is 2.25. The van der Waals surface area contributed by atoms with E-state index in [9.17, 15) is 9.59 Å². The molecule has 1 N–H and O–H groups in total. The second kappa shape index (κ2) is 9.16. The maximum absolute atomic E-state index is 12.8. The Morgan fingerprint density at radius 2 is 1.77 bits per heavy atom. The standard InChI is InChI=1S/C19H33N5O2/c1-6-16-15(17(7-2)22(5)21-16)12-19(26)24-10-8-23(9-11-24)13-18(25)20-14(3)4/h14H,6-13H2,1-5H3,(H,20,25). The molecular formula is C19H33N5O2. The average Bonchev–Trinajstić information content (AvgIpc) is 2.89. The van der Waals surface area contributed by atoms with Crippen LogP contribution in [0.3, 0.4) is 0 Å². The van der Waals surface area contributed by atoms with Gasteiger partial charge in [0.15, 0.2) is 0 Å². The Kier molecular flexibility index (Phi) is 7.20. The third kappa shape index (κ3) is 5.06. The Labute approximate surface area is 156 Å². The van der Waals surface area contributed by atoms with Crippen molar-refractivity contribution in [3.63, 3.8) is 0 Å². The zero-order valence-electron chi connectivity index (χ0n) is 16.8. The van der Waals surface area contributed by atoms with Crippen molar-refractivity contribution < 1.29 is 9.59 Å². The van der Waals surface area contributed by atoms with E-state index in [4.69, 9.17) is 0 Å². The molecular weight excluding hydrogens is 330 g/mol. The van der Waals surface area contributed by atoms with Gasteiger partial charge in [0, 0.05) is 50.5 Å². The van der Waals surface area contributed by atoms with Crippen molar-refractivity contribution in [2.24, 2.45) is 7.05 Å². The highest BCUT2D eigenvalue weighted by atomic mass is 16.2. The van der Waals surface area contributed by atoms with Gasteiger partial charge in [-0.3, -0.25) is 19.2 Å². The van der Waals surface area contributed by atoms with Crippen molar-refractivity contribution in [1.29, 1.82) is 0 Å². The molecule has 1 aliphatic heterocycles. The van der Waals surface area contributed by atoms with Crippen LogP contribution in [0, 0.1) is 0 Å². The molecule has 0 atom stereocenters. The van der Waals surface area contributed by atoms with Gasteiger partial charge in [0.2, 0.25) is 11.8 Å². The summed E-state index contributed by atoms with van der Waals surface area (Å²) < 4.78 is 1.91. The van der Waals surface area contributed by atoms with Gasteiger partial charge in [-0.05, 0) is 26.7 Å². The van der Waals surface area contributed by atoms with Crippen LogP contribution >= 0.6 is 0 Å². The van der Waals surface area contributed by atoms with Crippen LogP contribution in [0.2, 0.25) is 0 Å². The van der Waals surface area contributed by atoms with Crippen LogP contribution in [-0.4, -0.2) is 70.2 Å². The zero-order chi connectivity index (χ0) is 19.3. The number of carbonyl (C=O) groups is 2. The van der Waals surface area contributed by atoms with Crippen molar-refractivity contribution in [2.45, 2.75) is 53.0 Å². The third-order valence-corrected chi connectivity index (χ3v) is 4.90. The van der Waals surface area contributed by atoms with Crippen molar-refractivity contribution >= 4 is 11.8 Å². The van der Waals surface area contributed by atoms with Crippen LogP contribution in [-0.2, 0) is 35.9 Å². The molecule has 1 aliphatic rings. The molecule has 146 valence electrons. The molecule has 1 fully saturated rings. The first-order valence-corrected chi connectivity index (χ1v) is 9.68. The fourth-order valence-corrected chi connectivity index (χ4v) is 3.58. The van der Waals surface area contributed by atoms with Crippen LogP contribution in [0.15, 0.2) is 0 Å². The summed E-state index contributed by atoms with van der Waals surface area (Å²) in [6, 6.07) is 0.158. The average molecular weight is 364 g/mol. The summed E-state index contributed by atoms with van der Waals surface area (Å²) in [5.41, 5.74) is 3.28. The molecule has 26 heavy (non-hydrogen) atoms. The van der Waals surface area contributed by atoms with Gasteiger partial charge in [-0.15, -0.1) is 0 Å². The summed E-state index contributed by atoms with van der Waals surface area (Å²) in [5, 5.41) is 7.47. The first-order chi connectivity index (χ1) is 12.3. The molecule has 0 saturated carbocycles.